The molecule has 0 spiro atoms. The van der Waals surface area contributed by atoms with E-state index in [1.165, 1.54) is 0 Å². The van der Waals surface area contributed by atoms with Crippen LogP contribution in [0, 0.1) is 6.92 Å². The predicted molar refractivity (Wildman–Crippen MR) is 92.3 cm³/mol. The van der Waals surface area contributed by atoms with Crippen molar-refractivity contribution in [2.45, 2.75) is 33.2 Å². The highest BCUT2D eigenvalue weighted by atomic mass is 16.3. The SMILES string of the molecule is Cc1ccccc1-n1ncc(C(=O)NCc2ccco2)c1C(C)C. The zero-order valence-corrected chi connectivity index (χ0v) is 14.1. The predicted octanol–water partition coefficient (Wildman–Crippen LogP) is 3.83. The molecule has 5 nitrogen and oxygen atoms in total. The lowest BCUT2D eigenvalue weighted by molar-refractivity contribution is 0.0946. The van der Waals surface area contributed by atoms with E-state index in [0.717, 1.165) is 22.7 Å². The maximum atomic E-state index is 12.6. The molecule has 0 aliphatic heterocycles. The summed E-state index contributed by atoms with van der Waals surface area (Å²) in [6, 6.07) is 11.7. The highest BCUT2D eigenvalue weighted by molar-refractivity contribution is 5.95. The van der Waals surface area contributed by atoms with Gasteiger partial charge in [-0.25, -0.2) is 4.68 Å². The number of para-hydroxylation sites is 1. The van der Waals surface area contributed by atoms with Gasteiger partial charge >= 0.3 is 0 Å². The molecule has 0 fully saturated rings. The third kappa shape index (κ3) is 3.11. The van der Waals surface area contributed by atoms with E-state index in [1.54, 1.807) is 18.5 Å². The zero-order chi connectivity index (χ0) is 17.1. The van der Waals surface area contributed by atoms with Crippen molar-refractivity contribution >= 4 is 5.91 Å². The van der Waals surface area contributed by atoms with Gasteiger partial charge < -0.3 is 9.73 Å². The number of aryl methyl sites for hydroxylation is 1. The molecule has 0 saturated carbocycles. The van der Waals surface area contributed by atoms with Gasteiger partial charge in [0.2, 0.25) is 0 Å². The van der Waals surface area contributed by atoms with Crippen LogP contribution in [0.4, 0.5) is 0 Å². The maximum absolute atomic E-state index is 12.6. The Hall–Kier alpha value is -2.82. The van der Waals surface area contributed by atoms with Crippen molar-refractivity contribution in [3.8, 4) is 5.69 Å². The van der Waals surface area contributed by atoms with E-state index in [0.29, 0.717) is 12.1 Å². The van der Waals surface area contributed by atoms with Crippen LogP contribution < -0.4 is 5.32 Å². The molecule has 0 radical (unpaired) electrons. The van der Waals surface area contributed by atoms with Crippen molar-refractivity contribution in [1.29, 1.82) is 0 Å². The molecule has 0 atom stereocenters. The van der Waals surface area contributed by atoms with Gasteiger partial charge in [-0.1, -0.05) is 32.0 Å². The molecule has 0 bridgehead atoms. The van der Waals surface area contributed by atoms with Gasteiger partial charge in [-0.2, -0.15) is 5.10 Å². The van der Waals surface area contributed by atoms with E-state index in [1.807, 2.05) is 41.9 Å². The van der Waals surface area contributed by atoms with Crippen LogP contribution in [0.2, 0.25) is 0 Å². The van der Waals surface area contributed by atoms with Gasteiger partial charge in [0.1, 0.15) is 5.76 Å². The lowest BCUT2D eigenvalue weighted by atomic mass is 10.0. The van der Waals surface area contributed by atoms with Crippen molar-refractivity contribution < 1.29 is 9.21 Å². The summed E-state index contributed by atoms with van der Waals surface area (Å²) in [7, 11) is 0. The molecule has 2 heterocycles. The number of nitrogens with one attached hydrogen (secondary N) is 1. The van der Waals surface area contributed by atoms with Crippen molar-refractivity contribution in [3.63, 3.8) is 0 Å². The number of hydrogen-bond donors (Lipinski definition) is 1. The first-order chi connectivity index (χ1) is 11.6. The molecular formula is C19H21N3O2. The number of rotatable bonds is 5. The fourth-order valence-corrected chi connectivity index (χ4v) is 2.76. The summed E-state index contributed by atoms with van der Waals surface area (Å²) >= 11 is 0. The fourth-order valence-electron chi connectivity index (χ4n) is 2.76. The van der Waals surface area contributed by atoms with Gasteiger partial charge in [0.25, 0.3) is 5.91 Å². The second-order valence-corrected chi connectivity index (χ2v) is 6.06. The number of aromatic nitrogens is 2. The van der Waals surface area contributed by atoms with Crippen molar-refractivity contribution in [3.05, 3.63) is 71.4 Å². The van der Waals surface area contributed by atoms with Crippen molar-refractivity contribution in [2.75, 3.05) is 0 Å². The van der Waals surface area contributed by atoms with E-state index in [9.17, 15) is 4.79 Å². The monoisotopic (exact) mass is 323 g/mol. The fraction of sp³-hybridized carbons (Fsp3) is 0.263. The van der Waals surface area contributed by atoms with Crippen LogP contribution in [0.5, 0.6) is 0 Å². The Balaban J connectivity index is 1.91. The van der Waals surface area contributed by atoms with Crippen LogP contribution in [-0.2, 0) is 6.54 Å². The minimum atomic E-state index is -0.144. The Labute approximate surface area is 141 Å². The summed E-state index contributed by atoms with van der Waals surface area (Å²) in [5.74, 6) is 0.743. The first kappa shape index (κ1) is 16.1. The average molecular weight is 323 g/mol. The molecule has 124 valence electrons. The standard InChI is InChI=1S/C19H21N3O2/c1-13(2)18-16(19(23)20-11-15-8-6-10-24-15)12-21-22(18)17-9-5-4-7-14(17)3/h4-10,12-13H,11H2,1-3H3,(H,20,23). The molecule has 5 heteroatoms. The van der Waals surface area contributed by atoms with Gasteiger partial charge in [0.15, 0.2) is 0 Å². The second-order valence-electron chi connectivity index (χ2n) is 6.06. The van der Waals surface area contributed by atoms with Crippen LogP contribution in [0.3, 0.4) is 0 Å². The molecule has 0 saturated heterocycles. The molecule has 1 amide bonds. The third-order valence-corrected chi connectivity index (χ3v) is 3.94. The number of hydrogen-bond acceptors (Lipinski definition) is 3. The molecule has 0 aliphatic rings. The Morgan fingerprint density at radius 1 is 1.25 bits per heavy atom. The summed E-state index contributed by atoms with van der Waals surface area (Å²) in [6.07, 6.45) is 3.23. The van der Waals surface area contributed by atoms with Crippen molar-refractivity contribution in [2.24, 2.45) is 0 Å². The Bertz CT molecular complexity index is 832. The summed E-state index contributed by atoms with van der Waals surface area (Å²) in [6.45, 7) is 6.53. The number of carbonyl (C=O) groups is 1. The Morgan fingerprint density at radius 2 is 2.04 bits per heavy atom. The van der Waals surface area contributed by atoms with E-state index in [4.69, 9.17) is 4.42 Å². The summed E-state index contributed by atoms with van der Waals surface area (Å²) in [5, 5.41) is 7.36. The summed E-state index contributed by atoms with van der Waals surface area (Å²) < 4.78 is 7.12. The van der Waals surface area contributed by atoms with Crippen LogP contribution >= 0.6 is 0 Å². The average Bonchev–Trinajstić information content (AvgIpc) is 3.22. The zero-order valence-electron chi connectivity index (χ0n) is 14.1. The number of nitrogens with zero attached hydrogens (tertiary/aromatic N) is 2. The van der Waals surface area contributed by atoms with Crippen molar-refractivity contribution in [1.82, 2.24) is 15.1 Å². The Morgan fingerprint density at radius 3 is 2.71 bits per heavy atom. The largest absolute Gasteiger partial charge is 0.467 e. The first-order valence-corrected chi connectivity index (χ1v) is 8.02. The molecule has 2 aromatic heterocycles. The molecule has 1 N–H and O–H groups in total. The quantitative estimate of drug-likeness (QED) is 0.776. The number of carbonyl (C=O) groups excluding carboxylic acids is 1. The second kappa shape index (κ2) is 6.74. The normalized spacial score (nSPS) is 11.0. The number of furan rings is 1. The van der Waals surface area contributed by atoms with Gasteiger partial charge in [-0.05, 0) is 36.6 Å². The van der Waals surface area contributed by atoms with E-state index < -0.39 is 0 Å². The van der Waals surface area contributed by atoms with Gasteiger partial charge in [0.05, 0.1) is 35.9 Å². The topological polar surface area (TPSA) is 60.1 Å². The van der Waals surface area contributed by atoms with Crippen LogP contribution in [0.1, 0.15) is 47.1 Å². The lowest BCUT2D eigenvalue weighted by Crippen LogP contribution is -2.24. The molecular weight excluding hydrogens is 302 g/mol. The molecule has 0 aliphatic carbocycles. The van der Waals surface area contributed by atoms with E-state index in [2.05, 4.69) is 24.3 Å². The van der Waals surface area contributed by atoms with Crippen LogP contribution in [-0.4, -0.2) is 15.7 Å². The molecule has 1 aromatic carbocycles. The number of benzene rings is 1. The minimum absolute atomic E-state index is 0.144. The first-order valence-electron chi connectivity index (χ1n) is 8.02. The van der Waals surface area contributed by atoms with Gasteiger partial charge in [-0.3, -0.25) is 4.79 Å². The molecule has 24 heavy (non-hydrogen) atoms. The van der Waals surface area contributed by atoms with Gasteiger partial charge in [-0.15, -0.1) is 0 Å². The maximum Gasteiger partial charge on any atom is 0.255 e. The van der Waals surface area contributed by atoms with E-state index >= 15 is 0 Å². The van der Waals surface area contributed by atoms with E-state index in [-0.39, 0.29) is 11.8 Å². The number of amides is 1. The Kier molecular flexibility index (Phi) is 4.51. The highest BCUT2D eigenvalue weighted by Crippen LogP contribution is 2.24. The smallest absolute Gasteiger partial charge is 0.255 e. The van der Waals surface area contributed by atoms with Crippen LogP contribution in [0.15, 0.2) is 53.3 Å². The summed E-state index contributed by atoms with van der Waals surface area (Å²) in [5.41, 5.74) is 3.61. The lowest BCUT2D eigenvalue weighted by Gasteiger charge is -2.14. The molecule has 3 rings (SSSR count). The minimum Gasteiger partial charge on any atom is -0.467 e. The highest BCUT2D eigenvalue weighted by Gasteiger charge is 2.21. The van der Waals surface area contributed by atoms with Gasteiger partial charge in [0, 0.05) is 0 Å². The molecule has 0 unspecified atom stereocenters. The third-order valence-electron chi connectivity index (χ3n) is 3.94. The molecule has 3 aromatic rings. The van der Waals surface area contributed by atoms with Crippen LogP contribution in [0.25, 0.3) is 5.69 Å². The summed E-state index contributed by atoms with van der Waals surface area (Å²) in [4.78, 5) is 12.6.